The van der Waals surface area contributed by atoms with Crippen LogP contribution in [0, 0.1) is 5.41 Å². The number of hydrogen-bond donors (Lipinski definition) is 1. The largest absolute Gasteiger partial charge is 0.466 e. The molecule has 0 spiro atoms. The van der Waals surface area contributed by atoms with Crippen LogP contribution in [0.5, 0.6) is 0 Å². The van der Waals surface area contributed by atoms with Crippen LogP contribution in [-0.4, -0.2) is 92.0 Å². The van der Waals surface area contributed by atoms with E-state index < -0.39 is 0 Å². The Morgan fingerprint density at radius 2 is 1.43 bits per heavy atom. The van der Waals surface area contributed by atoms with Gasteiger partial charge in [0.25, 0.3) is 0 Å². The highest BCUT2D eigenvalue weighted by molar-refractivity contribution is 5.69. The highest BCUT2D eigenvalue weighted by Gasteiger charge is 2.21. The van der Waals surface area contributed by atoms with Crippen LogP contribution in [0.2, 0.25) is 0 Å². The number of hydrogen-bond acceptors (Lipinski definition) is 7. The van der Waals surface area contributed by atoms with Crippen LogP contribution < -0.4 is 0 Å². The number of rotatable bonds is 17. The van der Waals surface area contributed by atoms with E-state index in [1.165, 1.54) is 6.34 Å². The molecule has 0 fully saturated rings. The molecule has 30 heavy (non-hydrogen) atoms. The van der Waals surface area contributed by atoms with Crippen molar-refractivity contribution in [1.82, 2.24) is 14.7 Å². The molecule has 0 aromatic rings. The molecule has 0 amide bonds. The van der Waals surface area contributed by atoms with Crippen LogP contribution in [0.25, 0.3) is 0 Å². The van der Waals surface area contributed by atoms with Crippen molar-refractivity contribution in [3.63, 3.8) is 0 Å². The molecule has 0 aliphatic heterocycles. The van der Waals surface area contributed by atoms with Gasteiger partial charge in [0, 0.05) is 31.7 Å². The third-order valence-corrected chi connectivity index (χ3v) is 4.61. The summed E-state index contributed by atoms with van der Waals surface area (Å²) in [5.41, 5.74) is -0.0551. The van der Waals surface area contributed by atoms with E-state index in [0.717, 1.165) is 19.5 Å². The average Bonchev–Trinajstić information content (AvgIpc) is 2.67. The molecule has 0 atom stereocenters. The molecular formula is C22H42N4O4. The maximum atomic E-state index is 12.0. The van der Waals surface area contributed by atoms with Crippen molar-refractivity contribution < 1.29 is 19.1 Å². The van der Waals surface area contributed by atoms with Crippen molar-refractivity contribution in [2.75, 3.05) is 53.5 Å². The summed E-state index contributed by atoms with van der Waals surface area (Å²) < 4.78 is 10.5. The van der Waals surface area contributed by atoms with Gasteiger partial charge in [-0.15, -0.1) is 0 Å². The Labute approximate surface area is 182 Å². The smallest absolute Gasteiger partial charge is 0.307 e. The Morgan fingerprint density at radius 3 is 1.87 bits per heavy atom. The first-order valence-electron chi connectivity index (χ1n) is 10.7. The number of unbranched alkanes of at least 4 members (excludes halogenated alkanes) is 1. The lowest BCUT2D eigenvalue weighted by Crippen LogP contribution is -2.43. The normalized spacial score (nSPS) is 11.4. The summed E-state index contributed by atoms with van der Waals surface area (Å²) >= 11 is 0. The van der Waals surface area contributed by atoms with Crippen molar-refractivity contribution in [2.45, 2.75) is 58.4 Å². The zero-order valence-electron chi connectivity index (χ0n) is 19.6. The molecule has 174 valence electrons. The molecule has 0 unspecified atom stereocenters. The van der Waals surface area contributed by atoms with Gasteiger partial charge in [-0.05, 0) is 60.3 Å². The summed E-state index contributed by atoms with van der Waals surface area (Å²) in [7, 11) is 3.83. The first kappa shape index (κ1) is 28.1. The molecule has 0 rings (SSSR count). The maximum absolute atomic E-state index is 12.0. The van der Waals surface area contributed by atoms with E-state index in [1.807, 2.05) is 19.0 Å². The van der Waals surface area contributed by atoms with Gasteiger partial charge in [0.15, 0.2) is 0 Å². The molecule has 0 aliphatic carbocycles. The fraction of sp³-hybridized carbons (Fsp3) is 0.773. The van der Waals surface area contributed by atoms with Gasteiger partial charge in [-0.3, -0.25) is 19.9 Å². The molecule has 8 heteroatoms. The van der Waals surface area contributed by atoms with Gasteiger partial charge in [0.2, 0.25) is 0 Å². The predicted octanol–water partition coefficient (Wildman–Crippen LogP) is 2.74. The molecule has 0 aliphatic rings. The van der Waals surface area contributed by atoms with Crippen LogP contribution in [0.15, 0.2) is 12.8 Å². The Bertz CT molecular complexity index is 510. The number of esters is 2. The van der Waals surface area contributed by atoms with Crippen LogP contribution in [0.4, 0.5) is 0 Å². The fourth-order valence-corrected chi connectivity index (χ4v) is 2.70. The SMILES string of the molecule is C=CN(C=N)CCCN(CCC(=O)OCCCCOC(=O)CCN(C)C)C(C)(C)C. The third kappa shape index (κ3) is 15.0. The van der Waals surface area contributed by atoms with Crippen LogP contribution >= 0.6 is 0 Å². The molecule has 0 radical (unpaired) electrons. The summed E-state index contributed by atoms with van der Waals surface area (Å²) in [5.74, 6) is -0.403. The van der Waals surface area contributed by atoms with E-state index in [2.05, 4.69) is 32.3 Å². The van der Waals surface area contributed by atoms with Crippen LogP contribution in [0.1, 0.15) is 52.9 Å². The minimum atomic E-state index is -0.209. The van der Waals surface area contributed by atoms with E-state index in [0.29, 0.717) is 52.0 Å². The second kappa shape index (κ2) is 15.8. The van der Waals surface area contributed by atoms with Gasteiger partial charge in [0.1, 0.15) is 0 Å². The van der Waals surface area contributed by atoms with Crippen molar-refractivity contribution in [3.8, 4) is 0 Å². The number of nitrogens with zero attached hydrogens (tertiary/aromatic N) is 3. The van der Waals surface area contributed by atoms with Gasteiger partial charge in [-0.25, -0.2) is 0 Å². The van der Waals surface area contributed by atoms with Crippen molar-refractivity contribution in [3.05, 3.63) is 12.8 Å². The molecule has 0 heterocycles. The lowest BCUT2D eigenvalue weighted by atomic mass is 10.1. The van der Waals surface area contributed by atoms with Gasteiger partial charge in [-0.2, -0.15) is 0 Å². The summed E-state index contributed by atoms with van der Waals surface area (Å²) in [4.78, 5) is 29.5. The number of ether oxygens (including phenoxy) is 2. The fourth-order valence-electron chi connectivity index (χ4n) is 2.70. The topological polar surface area (TPSA) is 86.2 Å². The Kier molecular flexibility index (Phi) is 14.8. The summed E-state index contributed by atoms with van der Waals surface area (Å²) in [5, 5.41) is 7.30. The standard InChI is InChI=1S/C22H42N4O4/c1-7-25(19-23)13-10-14-26(22(2,3)4)16-12-21(28)30-18-9-8-17-29-20(27)11-15-24(5)6/h7,19,23H,1,8-18H2,2-6H3. The zero-order chi connectivity index (χ0) is 23.0. The maximum Gasteiger partial charge on any atom is 0.307 e. The number of nitrogens with one attached hydrogen (secondary N) is 1. The van der Waals surface area contributed by atoms with Crippen molar-refractivity contribution >= 4 is 18.3 Å². The van der Waals surface area contributed by atoms with Gasteiger partial charge < -0.3 is 19.3 Å². The quantitative estimate of drug-likeness (QED) is 0.166. The summed E-state index contributed by atoms with van der Waals surface area (Å²) in [6.07, 6.45) is 5.86. The van der Waals surface area contributed by atoms with E-state index in [1.54, 1.807) is 11.1 Å². The van der Waals surface area contributed by atoms with Gasteiger partial charge in [-0.1, -0.05) is 6.58 Å². The molecule has 1 N–H and O–H groups in total. The van der Waals surface area contributed by atoms with E-state index >= 15 is 0 Å². The second-order valence-corrected chi connectivity index (χ2v) is 8.51. The Balaban J connectivity index is 4.00. The minimum absolute atomic E-state index is 0.0551. The average molecular weight is 427 g/mol. The Morgan fingerprint density at radius 1 is 0.900 bits per heavy atom. The van der Waals surface area contributed by atoms with E-state index in [4.69, 9.17) is 14.9 Å². The van der Waals surface area contributed by atoms with E-state index in [-0.39, 0.29) is 17.5 Å². The van der Waals surface area contributed by atoms with Gasteiger partial charge in [0.05, 0.1) is 32.4 Å². The molecule has 0 aromatic heterocycles. The highest BCUT2D eigenvalue weighted by atomic mass is 16.5. The zero-order valence-corrected chi connectivity index (χ0v) is 19.6. The predicted molar refractivity (Wildman–Crippen MR) is 121 cm³/mol. The summed E-state index contributed by atoms with van der Waals surface area (Å²) in [6.45, 7) is 13.6. The number of carbonyl (C=O) groups excluding carboxylic acids is 2. The molecule has 8 nitrogen and oxygen atoms in total. The molecule has 0 aromatic carbocycles. The first-order valence-corrected chi connectivity index (χ1v) is 10.7. The molecular weight excluding hydrogens is 384 g/mol. The molecule has 0 saturated carbocycles. The molecule has 0 bridgehead atoms. The second-order valence-electron chi connectivity index (χ2n) is 8.51. The third-order valence-electron chi connectivity index (χ3n) is 4.61. The first-order chi connectivity index (χ1) is 14.1. The monoisotopic (exact) mass is 426 g/mol. The van der Waals surface area contributed by atoms with Crippen LogP contribution in [0.3, 0.4) is 0 Å². The van der Waals surface area contributed by atoms with Crippen LogP contribution in [-0.2, 0) is 19.1 Å². The minimum Gasteiger partial charge on any atom is -0.466 e. The lowest BCUT2D eigenvalue weighted by molar-refractivity contribution is -0.146. The summed E-state index contributed by atoms with van der Waals surface area (Å²) in [6, 6.07) is 0. The lowest BCUT2D eigenvalue weighted by Gasteiger charge is -2.35. The highest BCUT2D eigenvalue weighted by Crippen LogP contribution is 2.14. The molecule has 0 saturated heterocycles. The van der Waals surface area contributed by atoms with Crippen molar-refractivity contribution in [1.29, 1.82) is 5.41 Å². The van der Waals surface area contributed by atoms with E-state index in [9.17, 15) is 9.59 Å². The van der Waals surface area contributed by atoms with Crippen molar-refractivity contribution in [2.24, 2.45) is 0 Å². The Hall–Kier alpha value is -1.93. The number of carbonyl (C=O) groups is 2. The van der Waals surface area contributed by atoms with Gasteiger partial charge >= 0.3 is 11.9 Å².